The van der Waals surface area contributed by atoms with Gasteiger partial charge in [-0.3, -0.25) is 51.7 Å². The van der Waals surface area contributed by atoms with Gasteiger partial charge in [-0.25, -0.2) is 9.13 Å². The van der Waals surface area contributed by atoms with Gasteiger partial charge in [-0.1, -0.05) is 227 Å². The van der Waals surface area contributed by atoms with Crippen LogP contribution < -0.4 is 80.4 Å². The Labute approximate surface area is 651 Å². The van der Waals surface area contributed by atoms with Gasteiger partial charge in [0.1, 0.15) is 24.1 Å². The van der Waals surface area contributed by atoms with Crippen molar-refractivity contribution in [2.45, 2.75) is 348 Å². The number of carbonyl (C=O) groups is 7. The van der Waals surface area contributed by atoms with Gasteiger partial charge in [0.25, 0.3) is 0 Å². The number of ether oxygens (including phenoxy) is 3. The summed E-state index contributed by atoms with van der Waals surface area (Å²) in [6, 6.07) is -1.95. The smallest absolute Gasteiger partial charge is 1.00 e. The molecule has 0 heterocycles. The molecule has 100 heavy (non-hydrogen) atoms. The monoisotopic (exact) mass is 1480 g/mol. The van der Waals surface area contributed by atoms with Gasteiger partial charge in [-0.2, -0.15) is 0 Å². The molecule has 0 aliphatic carbocycles. The molecule has 0 radical (unpaired) electrons. The van der Waals surface area contributed by atoms with E-state index in [-0.39, 0.29) is 138 Å². The number of aliphatic hydroxyl groups excluding tert-OH is 1. The van der Waals surface area contributed by atoms with Crippen LogP contribution in [0.2, 0.25) is 0 Å². The van der Waals surface area contributed by atoms with Crippen LogP contribution in [0.3, 0.4) is 0 Å². The minimum Gasteiger partial charge on any atom is -1.00 e. The first kappa shape index (κ1) is 103. The zero-order chi connectivity index (χ0) is 72.4. The van der Waals surface area contributed by atoms with Gasteiger partial charge in [-0.05, 0) is 64.2 Å². The van der Waals surface area contributed by atoms with E-state index in [0.29, 0.717) is 51.4 Å². The van der Waals surface area contributed by atoms with Crippen LogP contribution in [0.15, 0.2) is 12.2 Å². The fourth-order valence-corrected chi connectivity index (χ4v) is 12.4. The van der Waals surface area contributed by atoms with E-state index >= 15 is 0 Å². The second-order valence-electron chi connectivity index (χ2n) is 26.3. The number of rotatable bonds is 74. The minimum absolute atomic E-state index is 0. The molecule has 4 amide bonds. The van der Waals surface area contributed by atoms with Crippen molar-refractivity contribution in [1.29, 1.82) is 0 Å². The first-order valence-electron chi connectivity index (χ1n) is 38.3. The Morgan fingerprint density at radius 3 is 1.17 bits per heavy atom. The summed E-state index contributed by atoms with van der Waals surface area (Å²) in [4.78, 5) is 111. The van der Waals surface area contributed by atoms with Crippen LogP contribution >= 0.6 is 15.6 Å². The second kappa shape index (κ2) is 73.1. The molecule has 0 aliphatic heterocycles. The summed E-state index contributed by atoms with van der Waals surface area (Å²) in [6.45, 7) is 8.05. The Balaban J connectivity index is -0.00000784. The van der Waals surface area contributed by atoms with Crippen LogP contribution in [0.1, 0.15) is 326 Å². The van der Waals surface area contributed by atoms with Crippen molar-refractivity contribution >= 4 is 56.8 Å². The largest absolute Gasteiger partial charge is 1.00 e. The molecule has 0 aromatic rings. The summed E-state index contributed by atoms with van der Waals surface area (Å²) in [5.41, 5.74) is 0. The molecule has 0 aromatic heterocycles. The Bertz CT molecular complexity index is 2170. The van der Waals surface area contributed by atoms with Crippen LogP contribution in [0.25, 0.3) is 0 Å². The molecule has 6 atom stereocenters. The number of allylic oxidation sites excluding steroid dienone is 2. The zero-order valence-corrected chi connectivity index (χ0v) is 69.4. The Hall–Kier alpha value is -1.47. The molecule has 27 heteroatoms. The third-order valence-electron chi connectivity index (χ3n) is 16.6. The van der Waals surface area contributed by atoms with E-state index in [2.05, 4.69) is 68.0 Å². The van der Waals surface area contributed by atoms with Gasteiger partial charge in [-0.15, -0.1) is 0 Å². The topological polar surface area (TPSA) is 327 Å². The summed E-state index contributed by atoms with van der Waals surface area (Å²) in [5.74, 6) is -3.51. The summed E-state index contributed by atoms with van der Waals surface area (Å²) in [5, 5.41) is 20.6. The minimum atomic E-state index is -4.81. The van der Waals surface area contributed by atoms with Crippen molar-refractivity contribution in [1.82, 2.24) is 21.3 Å². The van der Waals surface area contributed by atoms with Gasteiger partial charge in [0.05, 0.1) is 77.3 Å². The quantitative estimate of drug-likeness (QED) is 0.00744. The summed E-state index contributed by atoms with van der Waals surface area (Å²) in [7, 11) is -9.58. The van der Waals surface area contributed by atoms with Crippen molar-refractivity contribution in [2.75, 3.05) is 65.9 Å². The number of unbranched alkanes of at least 4 members (excludes halogenated alkanes) is 29. The molecule has 0 saturated carbocycles. The molecular weight excluding hydrogens is 1340 g/mol. The number of esters is 1. The number of aliphatic hydroxyl groups is 1. The number of hydrogen-bond donors (Lipinski definition) is 7. The SMILES string of the molecule is CCCCCC/C=C\CCCC(=O)O[C@H](CCCCCCC)CCOCC(COP(=O)(O)OCCNC(=O)CC(=O)NCCOP(=O)(O)OCC(COCC[C@H](O)CCCCCCC)NC(=O)CC(=O)CCCCCCCCCCC)NC(=O)CC(=O)CCCCCCCCCCC.[H-].[H-].[Na+].[Na+]. The molecule has 0 aliphatic rings. The number of ketones is 2. The third kappa shape index (κ3) is 70.8. The van der Waals surface area contributed by atoms with Gasteiger partial charge < -0.3 is 53.2 Å². The van der Waals surface area contributed by atoms with E-state index in [1.807, 2.05) is 0 Å². The zero-order valence-electron chi connectivity index (χ0n) is 65.6. The predicted molar refractivity (Wildman–Crippen MR) is 388 cm³/mol. The maximum Gasteiger partial charge on any atom is 1.00 e. The molecule has 0 aromatic carbocycles. The molecule has 23 nitrogen and oxygen atoms in total. The number of amides is 4. The van der Waals surface area contributed by atoms with E-state index in [4.69, 9.17) is 32.3 Å². The average Bonchev–Trinajstić information content (AvgIpc) is 0.923. The fraction of sp³-hybridized carbons (Fsp3) is 0.877. The third-order valence-corrected chi connectivity index (χ3v) is 18.6. The van der Waals surface area contributed by atoms with Crippen LogP contribution in [0, 0.1) is 0 Å². The van der Waals surface area contributed by atoms with Crippen molar-refractivity contribution < 1.29 is 152 Å². The standard InChI is InChI=1S/C73H138N4O19P2.2Na.2H/c1-6-11-16-21-24-27-30-35-39-44-66(79)56-71(83)76-63(59-90-52-48-65(78)43-38-33-19-14-9-4)61-94-97(86,87)92-54-50-74-69(81)58-70(82)75-51-55-93-98(88,89)95-62-64(77-72(84)57-67(80)45-40-36-31-28-25-22-17-12-7-2)60-91-53-49-68(46-41-34-20-15-10-5)96-73(85)47-42-37-32-29-26-23-18-13-8-3;;;;/h29,32,63-65,68,78H,6-28,30-31,33-62H2,1-5H3,(H,74,81)(H,75,82)(H,76,83)(H,77,84)(H,86,87)(H,88,89);;;;/q;2*+1;2*-1/b32-29-;;;;/t63?,64?,65-,68-;;;;/m1..../s1. The summed E-state index contributed by atoms with van der Waals surface area (Å²) >= 11 is 0. The first-order chi connectivity index (χ1) is 47.3. The number of Topliss-reactive ketones (excluding diaryl/α,β-unsaturated/α-hetero) is 2. The van der Waals surface area contributed by atoms with Crippen molar-refractivity contribution in [3.05, 3.63) is 12.2 Å². The molecule has 0 bridgehead atoms. The fourth-order valence-electron chi connectivity index (χ4n) is 10.8. The predicted octanol–water partition coefficient (Wildman–Crippen LogP) is 9.34. The van der Waals surface area contributed by atoms with Gasteiger partial charge in [0.2, 0.25) is 23.6 Å². The Kier molecular flexibility index (Phi) is 75.0. The van der Waals surface area contributed by atoms with E-state index in [0.717, 1.165) is 128 Å². The van der Waals surface area contributed by atoms with E-state index in [9.17, 15) is 57.6 Å². The summed E-state index contributed by atoms with van der Waals surface area (Å²) < 4.78 is 64.1. The van der Waals surface area contributed by atoms with Crippen molar-refractivity contribution in [3.8, 4) is 0 Å². The number of carbonyl (C=O) groups excluding carboxylic acids is 7. The molecule has 578 valence electrons. The normalized spacial score (nSPS) is 13.8. The van der Waals surface area contributed by atoms with Gasteiger partial charge in [0.15, 0.2) is 0 Å². The van der Waals surface area contributed by atoms with E-state index < -0.39 is 103 Å². The van der Waals surface area contributed by atoms with E-state index in [1.54, 1.807) is 0 Å². The van der Waals surface area contributed by atoms with Crippen molar-refractivity contribution in [3.63, 3.8) is 0 Å². The number of nitrogens with one attached hydrogen (secondary N) is 4. The molecule has 7 N–H and O–H groups in total. The van der Waals surface area contributed by atoms with Gasteiger partial charge >= 0.3 is 80.7 Å². The molecule has 0 fully saturated rings. The van der Waals surface area contributed by atoms with Gasteiger partial charge in [0, 0.05) is 45.4 Å². The molecule has 0 saturated heterocycles. The number of phosphoric acid groups is 2. The summed E-state index contributed by atoms with van der Waals surface area (Å²) in [6.07, 6.45) is 41.9. The van der Waals surface area contributed by atoms with Crippen LogP contribution in [0.5, 0.6) is 0 Å². The number of hydrogen-bond acceptors (Lipinski definition) is 17. The molecule has 0 rings (SSSR count). The average molecular weight is 1490 g/mol. The molecule has 0 spiro atoms. The van der Waals surface area contributed by atoms with Crippen LogP contribution in [-0.4, -0.2) is 146 Å². The van der Waals surface area contributed by atoms with Crippen molar-refractivity contribution in [2.24, 2.45) is 0 Å². The van der Waals surface area contributed by atoms with Crippen LogP contribution in [0.4, 0.5) is 0 Å². The Morgan fingerprint density at radius 2 is 0.750 bits per heavy atom. The first-order valence-corrected chi connectivity index (χ1v) is 41.3. The Morgan fingerprint density at radius 1 is 0.390 bits per heavy atom. The second-order valence-corrected chi connectivity index (χ2v) is 29.2. The molecule has 4 unspecified atom stereocenters. The maximum absolute atomic E-state index is 13.2. The maximum atomic E-state index is 13.2. The number of phosphoric ester groups is 2. The van der Waals surface area contributed by atoms with Crippen LogP contribution in [-0.2, 0) is 75.0 Å². The molecular formula is C73H140N4Na2O19P2. The van der Waals surface area contributed by atoms with E-state index in [1.165, 1.54) is 77.0 Å².